The Morgan fingerprint density at radius 1 is 0.977 bits per heavy atom. The number of halogens is 1. The number of fused-ring (bicyclic) bond motifs is 2. The van der Waals surface area contributed by atoms with Crippen molar-refractivity contribution in [3.63, 3.8) is 0 Å². The molecule has 8 rings (SSSR count). The number of rotatable bonds is 7. The highest BCUT2D eigenvalue weighted by Crippen LogP contribution is 2.46. The summed E-state index contributed by atoms with van der Waals surface area (Å²) >= 11 is 0. The fourth-order valence-corrected chi connectivity index (χ4v) is 6.60. The van der Waals surface area contributed by atoms with Crippen LogP contribution in [0.5, 0.6) is 0 Å². The number of benzene rings is 1. The van der Waals surface area contributed by atoms with E-state index in [-0.39, 0.29) is 30.0 Å². The lowest BCUT2D eigenvalue weighted by atomic mass is 9.80. The number of carbonyl (C=O) groups excluding carboxylic acids is 4. The van der Waals surface area contributed by atoms with Gasteiger partial charge >= 0.3 is 0 Å². The Morgan fingerprint density at radius 2 is 1.80 bits per heavy atom. The second kappa shape index (κ2) is 10.0. The van der Waals surface area contributed by atoms with E-state index in [0.29, 0.717) is 35.0 Å². The summed E-state index contributed by atoms with van der Waals surface area (Å²) in [6.45, 7) is 0.686. The van der Waals surface area contributed by atoms with Crippen molar-refractivity contribution in [1.82, 2.24) is 30.0 Å². The number of amides is 4. The van der Waals surface area contributed by atoms with Gasteiger partial charge in [-0.15, -0.1) is 0 Å². The van der Waals surface area contributed by atoms with Crippen LogP contribution in [0.15, 0.2) is 48.9 Å². The Kier molecular flexibility index (Phi) is 6.07. The Balaban J connectivity index is 0.941. The van der Waals surface area contributed by atoms with Gasteiger partial charge < -0.3 is 5.32 Å². The number of anilines is 1. The van der Waals surface area contributed by atoms with E-state index in [1.807, 2.05) is 10.9 Å². The summed E-state index contributed by atoms with van der Waals surface area (Å²) in [5.41, 5.74) is 4.35. The zero-order valence-electron chi connectivity index (χ0n) is 23.6. The first-order valence-electron chi connectivity index (χ1n) is 14.9. The first kappa shape index (κ1) is 26.6. The Bertz CT molecular complexity index is 1890. The maximum absolute atomic E-state index is 14.4. The molecule has 222 valence electrons. The normalized spacial score (nSPS) is 23.1. The Morgan fingerprint density at radius 3 is 2.59 bits per heavy atom. The molecular weight excluding hydrogens is 565 g/mol. The van der Waals surface area contributed by atoms with Crippen molar-refractivity contribution in [3.8, 4) is 11.3 Å². The third-order valence-electron chi connectivity index (χ3n) is 9.20. The van der Waals surface area contributed by atoms with Crippen molar-refractivity contribution < 1.29 is 23.6 Å². The highest BCUT2D eigenvalue weighted by atomic mass is 19.1. The molecular formula is C32H28FN7O4. The smallest absolute Gasteiger partial charge is 0.262 e. The van der Waals surface area contributed by atoms with Gasteiger partial charge in [-0.05, 0) is 68.4 Å². The minimum absolute atomic E-state index is 0.0813. The molecule has 2 N–H and O–H groups in total. The Hall–Kier alpha value is -5.00. The van der Waals surface area contributed by atoms with Gasteiger partial charge in [0, 0.05) is 47.9 Å². The van der Waals surface area contributed by atoms with Gasteiger partial charge in [0.15, 0.2) is 5.82 Å². The molecule has 1 atom stereocenters. The fourth-order valence-electron chi connectivity index (χ4n) is 6.60. The maximum atomic E-state index is 14.4. The molecule has 3 fully saturated rings. The van der Waals surface area contributed by atoms with Gasteiger partial charge in [-0.3, -0.25) is 44.0 Å². The van der Waals surface area contributed by atoms with Gasteiger partial charge in [-0.2, -0.15) is 5.10 Å². The van der Waals surface area contributed by atoms with E-state index in [0.717, 1.165) is 47.5 Å². The van der Waals surface area contributed by atoms with E-state index in [1.54, 1.807) is 36.5 Å². The molecule has 44 heavy (non-hydrogen) atoms. The van der Waals surface area contributed by atoms with Crippen molar-refractivity contribution in [1.29, 1.82) is 0 Å². The number of aromatic nitrogens is 4. The zero-order chi connectivity index (χ0) is 30.1. The summed E-state index contributed by atoms with van der Waals surface area (Å²) in [5, 5.41) is 11.0. The van der Waals surface area contributed by atoms with Crippen LogP contribution in [0.2, 0.25) is 0 Å². The molecule has 2 aliphatic heterocycles. The summed E-state index contributed by atoms with van der Waals surface area (Å²) in [4.78, 5) is 59.8. The van der Waals surface area contributed by atoms with Crippen LogP contribution in [0.4, 0.5) is 10.1 Å². The molecule has 4 aromatic rings. The SMILES string of the molecule is O=C1CCC(N2C(=O)c3ccc(NC[C@H]4C[C@H](n5cc(-c6ncc(F)c7cccnc67)c(C6CC6)n5)C4)cc3C2=O)C(=O)N1. The van der Waals surface area contributed by atoms with Crippen LogP contribution in [0.25, 0.3) is 22.2 Å². The fraction of sp³-hybridized carbons (Fsp3) is 0.344. The summed E-state index contributed by atoms with van der Waals surface area (Å²) < 4.78 is 16.5. The minimum atomic E-state index is -0.986. The number of nitrogens with one attached hydrogen (secondary N) is 2. The third-order valence-corrected chi connectivity index (χ3v) is 9.20. The van der Waals surface area contributed by atoms with E-state index in [4.69, 9.17) is 5.10 Å². The summed E-state index contributed by atoms with van der Waals surface area (Å²) in [5.74, 6) is -1.69. The average Bonchev–Trinajstić information content (AvgIpc) is 3.71. The Labute approximate surface area is 250 Å². The summed E-state index contributed by atoms with van der Waals surface area (Å²) in [6, 6.07) is 7.72. The first-order valence-corrected chi connectivity index (χ1v) is 14.9. The van der Waals surface area contributed by atoms with Gasteiger partial charge in [0.2, 0.25) is 11.8 Å². The highest BCUT2D eigenvalue weighted by Gasteiger charge is 2.44. The molecule has 11 nitrogen and oxygen atoms in total. The lowest BCUT2D eigenvalue weighted by Gasteiger charge is -2.35. The number of pyridine rings is 2. The monoisotopic (exact) mass is 593 g/mol. The van der Waals surface area contributed by atoms with E-state index in [9.17, 15) is 23.6 Å². The van der Waals surface area contributed by atoms with Crippen LogP contribution in [0.3, 0.4) is 0 Å². The van der Waals surface area contributed by atoms with E-state index in [1.165, 1.54) is 6.20 Å². The second-order valence-electron chi connectivity index (χ2n) is 12.1. The number of nitrogens with zero attached hydrogens (tertiary/aromatic N) is 5. The lowest BCUT2D eigenvalue weighted by Crippen LogP contribution is -2.54. The molecule has 5 heterocycles. The van der Waals surface area contributed by atoms with Gasteiger partial charge in [0.05, 0.1) is 34.6 Å². The molecule has 3 aromatic heterocycles. The lowest BCUT2D eigenvalue weighted by molar-refractivity contribution is -0.136. The third kappa shape index (κ3) is 4.35. The molecule has 0 spiro atoms. The van der Waals surface area contributed by atoms with Gasteiger partial charge in [0.25, 0.3) is 11.8 Å². The molecule has 0 bridgehead atoms. The van der Waals surface area contributed by atoms with Crippen molar-refractivity contribution in [2.75, 3.05) is 11.9 Å². The molecule has 0 radical (unpaired) electrons. The number of hydrogen-bond acceptors (Lipinski definition) is 8. The number of carbonyl (C=O) groups is 4. The van der Waals surface area contributed by atoms with E-state index < -0.39 is 35.5 Å². The molecule has 1 saturated heterocycles. The standard InChI is InChI=1S/C32H28FN7O4/c33-24-14-36-29(28-21(24)2-1-9-34-28)23-15-39(38-27(23)17-3-4-17)19-10-16(11-19)13-35-18-5-6-20-22(12-18)32(44)40(31(20)43)25-7-8-26(41)37-30(25)42/h1-2,5-6,9,12,14-17,19,25,35H,3-4,7-8,10-11,13H2,(H,37,41,42)/t16-,19-,25?. The largest absolute Gasteiger partial charge is 0.385 e. The van der Waals surface area contributed by atoms with Crippen LogP contribution in [0, 0.1) is 11.7 Å². The van der Waals surface area contributed by atoms with Crippen LogP contribution >= 0.6 is 0 Å². The van der Waals surface area contributed by atoms with Crippen LogP contribution in [0.1, 0.15) is 76.9 Å². The highest BCUT2D eigenvalue weighted by molar-refractivity contribution is 6.23. The summed E-state index contributed by atoms with van der Waals surface area (Å²) in [6.07, 6.45) is 9.14. The van der Waals surface area contributed by atoms with Crippen LogP contribution in [-0.4, -0.2) is 60.9 Å². The van der Waals surface area contributed by atoms with Gasteiger partial charge in [-0.25, -0.2) is 4.39 Å². The van der Waals surface area contributed by atoms with Gasteiger partial charge in [-0.1, -0.05) is 0 Å². The first-order chi connectivity index (χ1) is 21.4. The molecule has 2 saturated carbocycles. The predicted molar refractivity (Wildman–Crippen MR) is 156 cm³/mol. The molecule has 1 aromatic carbocycles. The average molecular weight is 594 g/mol. The number of piperidine rings is 1. The van der Waals surface area contributed by atoms with Gasteiger partial charge in [0.1, 0.15) is 11.7 Å². The van der Waals surface area contributed by atoms with Crippen LogP contribution in [-0.2, 0) is 9.59 Å². The topological polar surface area (TPSA) is 139 Å². The zero-order valence-corrected chi connectivity index (χ0v) is 23.6. The van der Waals surface area contributed by atoms with Crippen molar-refractivity contribution in [3.05, 3.63) is 71.6 Å². The molecule has 12 heteroatoms. The van der Waals surface area contributed by atoms with E-state index in [2.05, 4.69) is 20.6 Å². The minimum Gasteiger partial charge on any atom is -0.385 e. The molecule has 1 unspecified atom stereocenters. The van der Waals surface area contributed by atoms with Crippen molar-refractivity contribution in [2.45, 2.75) is 56.5 Å². The van der Waals surface area contributed by atoms with Crippen molar-refractivity contribution >= 4 is 40.2 Å². The van der Waals surface area contributed by atoms with Crippen LogP contribution < -0.4 is 10.6 Å². The maximum Gasteiger partial charge on any atom is 0.262 e. The quantitative estimate of drug-likeness (QED) is 0.307. The summed E-state index contributed by atoms with van der Waals surface area (Å²) in [7, 11) is 0. The molecule has 4 amide bonds. The molecule has 4 aliphatic rings. The number of imide groups is 2. The predicted octanol–water partition coefficient (Wildman–Crippen LogP) is 3.97. The van der Waals surface area contributed by atoms with Crippen molar-refractivity contribution in [2.24, 2.45) is 5.92 Å². The second-order valence-corrected chi connectivity index (χ2v) is 12.1. The number of hydrogen-bond donors (Lipinski definition) is 2. The molecule has 2 aliphatic carbocycles. The van der Waals surface area contributed by atoms with E-state index >= 15 is 0 Å².